The largest absolute Gasteiger partial charge is 0.507 e. The van der Waals surface area contributed by atoms with Gasteiger partial charge < -0.3 is 31.5 Å². The van der Waals surface area contributed by atoms with Crippen LogP contribution < -0.4 is 21.3 Å². The maximum atomic E-state index is 14.1. The fraction of sp³-hybridized carbons (Fsp3) is 0.633. The molecule has 0 spiro atoms. The molecule has 2 saturated carbocycles. The van der Waals surface area contributed by atoms with Crippen molar-refractivity contribution in [3.05, 3.63) is 22.8 Å². The number of carbonyl (C=O) groups is 5. The van der Waals surface area contributed by atoms with Crippen molar-refractivity contribution in [3.8, 4) is 5.75 Å². The van der Waals surface area contributed by atoms with Crippen LogP contribution in [0.25, 0.3) is 0 Å². The van der Waals surface area contributed by atoms with Crippen molar-refractivity contribution in [2.45, 2.75) is 43.9 Å². The number of likely N-dealkylation sites (N-methyl/N-ethyl adjacent to an activating group) is 1. The molecule has 12 nitrogen and oxygen atoms in total. The molecule has 6 N–H and O–H groups in total. The van der Waals surface area contributed by atoms with Crippen LogP contribution in [0.5, 0.6) is 5.75 Å². The van der Waals surface area contributed by atoms with Gasteiger partial charge in [-0.1, -0.05) is 0 Å². The number of nitrogens with zero attached hydrogens (tertiary/aromatic N) is 2. The summed E-state index contributed by atoms with van der Waals surface area (Å²) in [6.07, 6.45) is 2.36. The molecular weight excluding hydrogens is 542 g/mol. The van der Waals surface area contributed by atoms with Crippen LogP contribution in [0.2, 0.25) is 0 Å². The lowest BCUT2D eigenvalue weighted by molar-refractivity contribution is -0.181. The number of hydrogen-bond donors (Lipinski definition) is 5. The first-order valence-corrected chi connectivity index (χ1v) is 14.6. The van der Waals surface area contributed by atoms with Gasteiger partial charge in [-0.2, -0.15) is 0 Å². The molecule has 1 heterocycles. The number of benzene rings is 1. The lowest BCUT2D eigenvalue weighted by Crippen LogP contribution is -2.74. The molecule has 1 amide bonds. The van der Waals surface area contributed by atoms with E-state index in [1.54, 1.807) is 14.1 Å². The van der Waals surface area contributed by atoms with Crippen LogP contribution in [0, 0.1) is 29.6 Å². The number of nitrogens with one attached hydrogen (secondary N) is 2. The van der Waals surface area contributed by atoms with E-state index in [4.69, 9.17) is 5.73 Å². The minimum Gasteiger partial charge on any atom is -0.507 e. The van der Waals surface area contributed by atoms with Crippen molar-refractivity contribution in [2.75, 3.05) is 52.7 Å². The second kappa shape index (κ2) is 11.1. The van der Waals surface area contributed by atoms with Gasteiger partial charge in [-0.3, -0.25) is 28.9 Å². The first kappa shape index (κ1) is 30.3. The number of phenolic OH excluding ortho intramolecular Hbond substituents is 1. The normalized spacial score (nSPS) is 31.5. The Labute approximate surface area is 245 Å². The summed E-state index contributed by atoms with van der Waals surface area (Å²) in [5.41, 5.74) is 4.52. The molecule has 1 aliphatic heterocycles. The van der Waals surface area contributed by atoms with Crippen molar-refractivity contribution in [1.29, 1.82) is 0 Å². The quantitative estimate of drug-likeness (QED) is 0.249. The van der Waals surface area contributed by atoms with E-state index in [-0.39, 0.29) is 24.2 Å². The number of phenols is 1. The van der Waals surface area contributed by atoms with Gasteiger partial charge in [-0.05, 0) is 82.9 Å². The van der Waals surface area contributed by atoms with Crippen LogP contribution in [0.1, 0.15) is 40.7 Å². The minimum absolute atomic E-state index is 0.0199. The molecule has 1 aromatic rings. The van der Waals surface area contributed by atoms with Gasteiger partial charge in [0.2, 0.25) is 5.91 Å². The lowest BCUT2D eigenvalue weighted by atomic mass is 9.52. The Morgan fingerprint density at radius 1 is 1.12 bits per heavy atom. The Balaban J connectivity index is 1.53. The summed E-state index contributed by atoms with van der Waals surface area (Å²) >= 11 is 0. The Hall–Kier alpha value is -3.19. The summed E-state index contributed by atoms with van der Waals surface area (Å²) < 4.78 is 0. The fourth-order valence-corrected chi connectivity index (χ4v) is 7.74. The van der Waals surface area contributed by atoms with Crippen LogP contribution in [0.4, 0.5) is 5.69 Å². The molecule has 3 aliphatic carbocycles. The van der Waals surface area contributed by atoms with Crippen LogP contribution in [0.15, 0.2) is 6.07 Å². The Morgan fingerprint density at radius 2 is 1.79 bits per heavy atom. The van der Waals surface area contributed by atoms with E-state index in [1.165, 1.54) is 4.90 Å². The smallest absolute Gasteiger partial charge is 0.235 e. The van der Waals surface area contributed by atoms with E-state index in [1.807, 2.05) is 25.1 Å². The highest BCUT2D eigenvalue weighted by Gasteiger charge is 2.69. The summed E-state index contributed by atoms with van der Waals surface area (Å²) in [4.78, 5) is 70.4. The highest BCUT2D eigenvalue weighted by molar-refractivity contribution is 6.32. The number of carbonyl (C=O) groups excluding carboxylic acids is 5. The number of anilines is 1. The number of aromatic hydroxyl groups is 1. The molecule has 5 rings (SSSR count). The first-order valence-electron chi connectivity index (χ1n) is 14.6. The topological polar surface area (TPSA) is 182 Å². The number of primary amides is 1. The third-order valence-electron chi connectivity index (χ3n) is 9.81. The number of piperidine rings is 1. The molecular formula is C30H41N5O7. The van der Waals surface area contributed by atoms with Crippen molar-refractivity contribution in [3.63, 3.8) is 0 Å². The van der Waals surface area contributed by atoms with Crippen LogP contribution >= 0.6 is 0 Å². The summed E-state index contributed by atoms with van der Waals surface area (Å²) in [7, 11) is 6.81. The van der Waals surface area contributed by atoms with Crippen molar-refractivity contribution in [2.24, 2.45) is 35.3 Å². The molecule has 3 fully saturated rings. The Morgan fingerprint density at radius 3 is 2.38 bits per heavy atom. The SMILES string of the molecule is CN(C)c1cc(CNCC2CCNCC2)c(O)c2c1C[C@H]1C[C@H]3[C@@H](N(C)C)C(=O)C(C(N)=O)C(=O)[C@@]3(O)C(=O)C1C2=O. The number of aliphatic hydroxyl groups is 1. The highest BCUT2D eigenvalue weighted by Crippen LogP contribution is 2.52. The van der Waals surface area contributed by atoms with Gasteiger partial charge in [0, 0.05) is 37.8 Å². The molecule has 6 atom stereocenters. The maximum absolute atomic E-state index is 14.1. The second-order valence-electron chi connectivity index (χ2n) is 12.8. The zero-order valence-electron chi connectivity index (χ0n) is 24.6. The molecule has 1 saturated heterocycles. The van der Waals surface area contributed by atoms with E-state index >= 15 is 0 Å². The molecule has 42 heavy (non-hydrogen) atoms. The number of rotatable bonds is 7. The number of hydrogen-bond acceptors (Lipinski definition) is 11. The predicted octanol–water partition coefficient (Wildman–Crippen LogP) is -0.978. The van der Waals surface area contributed by atoms with E-state index in [0.29, 0.717) is 23.6 Å². The zero-order valence-corrected chi connectivity index (χ0v) is 24.6. The minimum atomic E-state index is -2.73. The number of fused-ring (bicyclic) bond motifs is 3. The van der Waals surface area contributed by atoms with Crippen LogP contribution in [0.3, 0.4) is 0 Å². The van der Waals surface area contributed by atoms with Crippen molar-refractivity contribution in [1.82, 2.24) is 15.5 Å². The van der Waals surface area contributed by atoms with Gasteiger partial charge in [0.05, 0.1) is 17.5 Å². The standard InChI is InChI=1S/C30H41N5O7/c1-34(2)19-11-16(13-33-12-14-5-7-32-8-6-14)24(36)21-17(19)9-15-10-18-23(35(3)4)26(38)22(29(31)41)28(40)30(18,42)27(39)20(15)25(21)37/h11,14-15,18,20,22-23,32-33,36,42H,5-10,12-13H2,1-4H3,(H2,31,41)/t15-,18-,20?,22?,23+,30-/m0/s1. The summed E-state index contributed by atoms with van der Waals surface area (Å²) in [6, 6.07) is 0.730. The highest BCUT2D eigenvalue weighted by atomic mass is 16.3. The van der Waals surface area contributed by atoms with Gasteiger partial charge >= 0.3 is 0 Å². The molecule has 0 aromatic heterocycles. The third-order valence-corrected chi connectivity index (χ3v) is 9.81. The number of nitrogens with two attached hydrogens (primary N) is 1. The summed E-state index contributed by atoms with van der Waals surface area (Å²) in [5.74, 6) is -9.84. The summed E-state index contributed by atoms with van der Waals surface area (Å²) in [5, 5.41) is 29.9. The van der Waals surface area contributed by atoms with Crippen LogP contribution in [-0.4, -0.2) is 104 Å². The fourth-order valence-electron chi connectivity index (χ4n) is 7.74. The van der Waals surface area contributed by atoms with Gasteiger partial charge in [0.15, 0.2) is 34.7 Å². The average Bonchev–Trinajstić information content (AvgIpc) is 2.92. The van der Waals surface area contributed by atoms with E-state index < -0.39 is 64.4 Å². The van der Waals surface area contributed by atoms with Crippen molar-refractivity contribution >= 4 is 34.7 Å². The molecule has 12 heteroatoms. The number of amides is 1. The van der Waals surface area contributed by atoms with Crippen molar-refractivity contribution < 1.29 is 34.2 Å². The molecule has 1 aromatic carbocycles. The summed E-state index contributed by atoms with van der Waals surface area (Å²) in [6.45, 7) is 3.00. The molecule has 4 aliphatic rings. The van der Waals surface area contributed by atoms with Crippen LogP contribution in [-0.2, 0) is 32.1 Å². The maximum Gasteiger partial charge on any atom is 0.235 e. The predicted molar refractivity (Wildman–Crippen MR) is 153 cm³/mol. The van der Waals surface area contributed by atoms with Gasteiger partial charge in [-0.25, -0.2) is 0 Å². The molecule has 0 bridgehead atoms. The monoisotopic (exact) mass is 583 g/mol. The van der Waals surface area contributed by atoms with E-state index in [0.717, 1.165) is 38.2 Å². The second-order valence-corrected chi connectivity index (χ2v) is 12.8. The van der Waals surface area contributed by atoms with E-state index in [9.17, 15) is 34.2 Å². The molecule has 228 valence electrons. The van der Waals surface area contributed by atoms with E-state index in [2.05, 4.69) is 10.6 Å². The third kappa shape index (κ3) is 4.64. The van der Waals surface area contributed by atoms with Gasteiger partial charge in [-0.15, -0.1) is 0 Å². The Bertz CT molecular complexity index is 1340. The van der Waals surface area contributed by atoms with Gasteiger partial charge in [0.1, 0.15) is 5.75 Å². The average molecular weight is 584 g/mol. The Kier molecular flexibility index (Phi) is 8.03. The first-order chi connectivity index (χ1) is 19.8. The number of Topliss-reactive ketones (excluding diaryl/α,β-unsaturated/α-hetero) is 4. The molecule has 0 radical (unpaired) electrons. The number of ketones is 4. The lowest BCUT2D eigenvalue weighted by Gasteiger charge is -2.52. The van der Waals surface area contributed by atoms with Gasteiger partial charge in [0.25, 0.3) is 0 Å². The zero-order chi connectivity index (χ0) is 30.7. The molecule has 2 unspecified atom stereocenters.